The van der Waals surface area contributed by atoms with E-state index in [1.807, 2.05) is 24.3 Å². The minimum Gasteiger partial charge on any atom is -0.496 e. The van der Waals surface area contributed by atoms with Crippen LogP contribution in [0.5, 0.6) is 5.75 Å². The Balaban J connectivity index is 1.64. The molecule has 0 spiro atoms. The second-order valence-electron chi connectivity index (χ2n) is 6.12. The summed E-state index contributed by atoms with van der Waals surface area (Å²) in [6.45, 7) is 1.27. The third-order valence-corrected chi connectivity index (χ3v) is 5.60. The molecule has 0 fully saturated rings. The highest BCUT2D eigenvalue weighted by Crippen LogP contribution is 2.27. The second kappa shape index (κ2) is 8.33. The zero-order chi connectivity index (χ0) is 18.5. The standard InChI is InChI=1S/C19H21NO5S/c1-24-15-5-3-2-4-12(15)8-13(19(22)23)10-20-18(21)17-9-14-11-25-7-6-16(14)26-17/h2-5,9,13H,6-8,10-11H2,1H3,(H,20,21)(H,22,23). The van der Waals surface area contributed by atoms with Crippen LogP contribution in [0.1, 0.15) is 25.7 Å². The highest BCUT2D eigenvalue weighted by Gasteiger charge is 2.22. The van der Waals surface area contributed by atoms with Crippen molar-refractivity contribution in [2.45, 2.75) is 19.4 Å². The molecule has 1 aliphatic heterocycles. The van der Waals surface area contributed by atoms with Gasteiger partial charge in [-0.2, -0.15) is 0 Å². The number of fused-ring (bicyclic) bond motifs is 1. The van der Waals surface area contributed by atoms with Gasteiger partial charge in [-0.3, -0.25) is 9.59 Å². The molecule has 0 aliphatic carbocycles. The first-order chi connectivity index (χ1) is 12.6. The number of carbonyl (C=O) groups excluding carboxylic acids is 1. The van der Waals surface area contributed by atoms with E-state index in [1.165, 1.54) is 16.2 Å². The highest BCUT2D eigenvalue weighted by atomic mass is 32.1. The van der Waals surface area contributed by atoms with E-state index in [9.17, 15) is 14.7 Å². The van der Waals surface area contributed by atoms with Crippen LogP contribution in [0, 0.1) is 5.92 Å². The summed E-state index contributed by atoms with van der Waals surface area (Å²) in [4.78, 5) is 25.8. The lowest BCUT2D eigenvalue weighted by molar-refractivity contribution is -0.141. The van der Waals surface area contributed by atoms with Gasteiger partial charge >= 0.3 is 5.97 Å². The van der Waals surface area contributed by atoms with E-state index in [4.69, 9.17) is 9.47 Å². The fraction of sp³-hybridized carbons (Fsp3) is 0.368. The van der Waals surface area contributed by atoms with E-state index in [0.29, 0.717) is 23.8 Å². The Morgan fingerprint density at radius 1 is 1.38 bits per heavy atom. The molecule has 26 heavy (non-hydrogen) atoms. The number of carbonyl (C=O) groups is 2. The fourth-order valence-electron chi connectivity index (χ4n) is 2.95. The van der Waals surface area contributed by atoms with Crippen LogP contribution in [-0.2, 0) is 29.0 Å². The van der Waals surface area contributed by atoms with E-state index in [1.54, 1.807) is 13.2 Å². The lowest BCUT2D eigenvalue weighted by atomic mass is 9.98. The van der Waals surface area contributed by atoms with Crippen LogP contribution in [0.25, 0.3) is 0 Å². The van der Waals surface area contributed by atoms with E-state index in [-0.39, 0.29) is 18.9 Å². The number of nitrogens with one attached hydrogen (secondary N) is 1. The number of hydrogen-bond donors (Lipinski definition) is 2. The number of hydrogen-bond acceptors (Lipinski definition) is 5. The monoisotopic (exact) mass is 375 g/mol. The average molecular weight is 375 g/mol. The quantitative estimate of drug-likeness (QED) is 0.777. The van der Waals surface area contributed by atoms with Crippen molar-refractivity contribution < 1.29 is 24.2 Å². The van der Waals surface area contributed by atoms with Crippen molar-refractivity contribution in [3.63, 3.8) is 0 Å². The Morgan fingerprint density at radius 3 is 2.92 bits per heavy atom. The molecule has 2 N–H and O–H groups in total. The number of amides is 1. The van der Waals surface area contributed by atoms with Crippen LogP contribution >= 0.6 is 11.3 Å². The van der Waals surface area contributed by atoms with Crippen molar-refractivity contribution in [2.75, 3.05) is 20.3 Å². The van der Waals surface area contributed by atoms with Crippen LogP contribution < -0.4 is 10.1 Å². The van der Waals surface area contributed by atoms with Crippen molar-refractivity contribution >= 4 is 23.2 Å². The number of benzene rings is 1. The number of ether oxygens (including phenoxy) is 2. The Kier molecular flexibility index (Phi) is 5.90. The molecule has 1 atom stereocenters. The van der Waals surface area contributed by atoms with Crippen molar-refractivity contribution in [3.8, 4) is 5.75 Å². The summed E-state index contributed by atoms with van der Waals surface area (Å²) in [7, 11) is 1.55. The van der Waals surface area contributed by atoms with Crippen molar-refractivity contribution in [3.05, 3.63) is 51.2 Å². The topological polar surface area (TPSA) is 84.9 Å². The largest absolute Gasteiger partial charge is 0.496 e. The van der Waals surface area contributed by atoms with E-state index in [2.05, 4.69) is 5.32 Å². The van der Waals surface area contributed by atoms with Crippen molar-refractivity contribution in [2.24, 2.45) is 5.92 Å². The molecular weight excluding hydrogens is 354 g/mol. The van der Waals surface area contributed by atoms with E-state index >= 15 is 0 Å². The third kappa shape index (κ3) is 4.23. The maximum absolute atomic E-state index is 12.4. The predicted molar refractivity (Wildman–Crippen MR) is 97.8 cm³/mol. The number of methoxy groups -OCH3 is 1. The Labute approximate surface area is 155 Å². The molecule has 0 bridgehead atoms. The summed E-state index contributed by atoms with van der Waals surface area (Å²) in [6.07, 6.45) is 1.10. The van der Waals surface area contributed by atoms with Crippen LogP contribution in [0.4, 0.5) is 0 Å². The first-order valence-corrected chi connectivity index (χ1v) is 9.22. The number of carboxylic acids is 1. The maximum atomic E-state index is 12.4. The molecule has 1 unspecified atom stereocenters. The van der Waals surface area contributed by atoms with E-state index < -0.39 is 11.9 Å². The Hall–Kier alpha value is -2.38. The smallest absolute Gasteiger partial charge is 0.308 e. The molecule has 0 saturated carbocycles. The molecule has 6 nitrogen and oxygen atoms in total. The number of thiophene rings is 1. The molecule has 1 amide bonds. The summed E-state index contributed by atoms with van der Waals surface area (Å²) in [5, 5.41) is 12.3. The van der Waals surface area contributed by atoms with Gasteiger partial charge in [0, 0.05) is 17.8 Å². The van der Waals surface area contributed by atoms with Gasteiger partial charge in [0.15, 0.2) is 0 Å². The van der Waals surface area contributed by atoms with Gasteiger partial charge in [-0.15, -0.1) is 11.3 Å². The van der Waals surface area contributed by atoms with E-state index in [0.717, 1.165) is 17.5 Å². The summed E-state index contributed by atoms with van der Waals surface area (Å²) in [5.74, 6) is -1.27. The molecule has 7 heteroatoms. The van der Waals surface area contributed by atoms with Gasteiger partial charge in [0.05, 0.1) is 31.1 Å². The molecule has 2 aromatic rings. The SMILES string of the molecule is COc1ccccc1CC(CNC(=O)c1cc2c(s1)CCOC2)C(=O)O. The average Bonchev–Trinajstić information content (AvgIpc) is 3.09. The van der Waals surface area contributed by atoms with Crippen LogP contribution in [0.2, 0.25) is 0 Å². The normalized spacial score (nSPS) is 14.3. The molecule has 3 rings (SSSR count). The Morgan fingerprint density at radius 2 is 2.19 bits per heavy atom. The van der Waals surface area contributed by atoms with Gasteiger partial charge in [0.2, 0.25) is 0 Å². The summed E-state index contributed by atoms with van der Waals surface area (Å²) in [6, 6.07) is 9.15. The third-order valence-electron chi connectivity index (χ3n) is 4.37. The number of para-hydroxylation sites is 1. The molecule has 0 saturated heterocycles. The molecule has 1 aromatic heterocycles. The van der Waals surface area contributed by atoms with Crippen LogP contribution in [0.3, 0.4) is 0 Å². The summed E-state index contributed by atoms with van der Waals surface area (Å²) in [5.41, 5.74) is 1.86. The number of rotatable bonds is 7. The molecular formula is C19H21NO5S. The lowest BCUT2D eigenvalue weighted by Crippen LogP contribution is -2.33. The van der Waals surface area contributed by atoms with Gasteiger partial charge in [0.25, 0.3) is 5.91 Å². The molecule has 1 aliphatic rings. The summed E-state index contributed by atoms with van der Waals surface area (Å²) < 4.78 is 10.7. The molecule has 0 radical (unpaired) electrons. The Bertz CT molecular complexity index is 777. The van der Waals surface area contributed by atoms with Crippen molar-refractivity contribution in [1.29, 1.82) is 0 Å². The maximum Gasteiger partial charge on any atom is 0.308 e. The highest BCUT2D eigenvalue weighted by molar-refractivity contribution is 7.14. The minimum atomic E-state index is -0.949. The molecule has 138 valence electrons. The van der Waals surface area contributed by atoms with Gasteiger partial charge in [0.1, 0.15) is 5.75 Å². The predicted octanol–water partition coefficient (Wildman–Crippen LogP) is 2.50. The van der Waals surface area contributed by atoms with Gasteiger partial charge in [-0.25, -0.2) is 0 Å². The van der Waals surface area contributed by atoms with Crippen LogP contribution in [-0.4, -0.2) is 37.2 Å². The molecule has 2 heterocycles. The van der Waals surface area contributed by atoms with Gasteiger partial charge in [-0.1, -0.05) is 18.2 Å². The van der Waals surface area contributed by atoms with Gasteiger partial charge in [-0.05, 0) is 29.7 Å². The van der Waals surface area contributed by atoms with Gasteiger partial charge < -0.3 is 19.9 Å². The number of carboxylic acid groups (broad SMARTS) is 1. The lowest BCUT2D eigenvalue weighted by Gasteiger charge is -2.15. The fourth-order valence-corrected chi connectivity index (χ4v) is 4.01. The zero-order valence-corrected chi connectivity index (χ0v) is 15.3. The van der Waals surface area contributed by atoms with Crippen molar-refractivity contribution in [1.82, 2.24) is 5.32 Å². The first-order valence-electron chi connectivity index (χ1n) is 8.40. The number of aliphatic carboxylic acids is 1. The first kappa shape index (κ1) is 18.4. The molecule has 1 aromatic carbocycles. The second-order valence-corrected chi connectivity index (χ2v) is 7.26. The summed E-state index contributed by atoms with van der Waals surface area (Å²) >= 11 is 1.45. The zero-order valence-electron chi connectivity index (χ0n) is 14.5. The van der Waals surface area contributed by atoms with Crippen LogP contribution in [0.15, 0.2) is 30.3 Å². The minimum absolute atomic E-state index is 0.0608.